The molecule has 11 N–H and O–H groups in total. The summed E-state index contributed by atoms with van der Waals surface area (Å²) in [7, 11) is 2.04. The topological polar surface area (TPSA) is 316 Å². The normalized spacial score (nSPS) is 11.9. The number of phenols is 5. The van der Waals surface area contributed by atoms with Crippen LogP contribution in [0.5, 0.6) is 51.7 Å². The van der Waals surface area contributed by atoms with Crippen molar-refractivity contribution in [1.82, 2.24) is 9.13 Å². The molecule has 0 aliphatic rings. The minimum Gasteiger partial charge on any atom is -0.506 e. The lowest BCUT2D eigenvalue weighted by atomic mass is 10.1. The third kappa shape index (κ3) is 6.62. The summed E-state index contributed by atoms with van der Waals surface area (Å²) < 4.78 is 6.98. The fourth-order valence-electron chi connectivity index (χ4n) is 6.60. The number of carbonyl (C=O) groups excluding carboxylic acids is 2. The number of hydrogen-bond acceptors (Lipinski definition) is 16. The quantitative estimate of drug-likeness (QED) is 0.0773. The summed E-state index contributed by atoms with van der Waals surface area (Å²) in [6.07, 6.45) is 0. The highest BCUT2D eigenvalue weighted by Gasteiger charge is 2.40. The molecule has 4 aromatic carbocycles. The van der Waals surface area contributed by atoms with E-state index in [1.54, 1.807) is 6.07 Å². The predicted molar refractivity (Wildman–Crippen MR) is 212 cm³/mol. The molecule has 22 heteroatoms. The zero-order chi connectivity index (χ0) is 44.7. The summed E-state index contributed by atoms with van der Waals surface area (Å²) in [5.41, 5.74) is -6.69. The van der Waals surface area contributed by atoms with Gasteiger partial charge in [-0.25, -0.2) is 0 Å². The number of pyridine rings is 2. The summed E-state index contributed by atoms with van der Waals surface area (Å²) in [4.78, 5) is 55.6. The highest BCUT2D eigenvalue weighted by Crippen LogP contribution is 2.53. The molecule has 0 spiro atoms. The number of halogens is 2. The van der Waals surface area contributed by atoms with Gasteiger partial charge in [-0.2, -0.15) is 0 Å². The lowest BCUT2D eigenvalue weighted by Gasteiger charge is -2.33. The number of anilines is 2. The van der Waals surface area contributed by atoms with Gasteiger partial charge in [0.2, 0.25) is 23.3 Å². The number of ether oxygens (including phenoxy) is 1. The van der Waals surface area contributed by atoms with Crippen molar-refractivity contribution >= 4 is 68.2 Å². The van der Waals surface area contributed by atoms with Crippen molar-refractivity contribution in [2.24, 2.45) is 14.1 Å². The van der Waals surface area contributed by atoms with E-state index in [2.05, 4.69) is 0 Å². The van der Waals surface area contributed by atoms with Crippen LogP contribution in [-0.4, -0.2) is 88.9 Å². The number of nitrogens with zero attached hydrogens (tertiary/aromatic N) is 4. The van der Waals surface area contributed by atoms with Gasteiger partial charge in [-0.1, -0.05) is 47.5 Å². The van der Waals surface area contributed by atoms with Crippen molar-refractivity contribution in [3.63, 3.8) is 0 Å². The predicted octanol–water partition coefficient (Wildman–Crippen LogP) is 3.04. The number of rotatable bonds is 8. The Morgan fingerprint density at radius 3 is 1.50 bits per heavy atom. The van der Waals surface area contributed by atoms with Crippen LogP contribution in [0.15, 0.2) is 64.2 Å². The highest BCUT2D eigenvalue weighted by molar-refractivity contribution is 6.39. The van der Waals surface area contributed by atoms with E-state index in [4.69, 9.17) is 27.9 Å². The van der Waals surface area contributed by atoms with E-state index in [-0.39, 0.29) is 10.6 Å². The number of amides is 2. The van der Waals surface area contributed by atoms with Crippen LogP contribution < -0.4 is 25.7 Å². The van der Waals surface area contributed by atoms with Crippen molar-refractivity contribution in [2.45, 2.75) is 25.7 Å². The van der Waals surface area contributed by atoms with Crippen LogP contribution in [0.2, 0.25) is 10.0 Å². The van der Waals surface area contributed by atoms with Crippen LogP contribution >= 0.6 is 23.2 Å². The van der Waals surface area contributed by atoms with Crippen molar-refractivity contribution in [2.75, 3.05) is 9.80 Å². The molecule has 314 valence electrons. The number of aryl methyl sites for hydroxylation is 2. The zero-order valence-electron chi connectivity index (χ0n) is 31.2. The van der Waals surface area contributed by atoms with Gasteiger partial charge in [0, 0.05) is 39.7 Å². The smallest absolute Gasteiger partial charge is 0.271 e. The molecule has 0 saturated heterocycles. The van der Waals surface area contributed by atoms with E-state index in [1.807, 2.05) is 0 Å². The van der Waals surface area contributed by atoms with Crippen molar-refractivity contribution in [3.05, 3.63) is 96.5 Å². The number of carbonyl (C=O) groups is 2. The molecule has 6 aromatic rings. The Kier molecular flexibility index (Phi) is 10.5. The fraction of sp³-hybridized carbons (Fsp3) is 0.158. The van der Waals surface area contributed by atoms with E-state index < -0.39 is 135 Å². The van der Waals surface area contributed by atoms with E-state index >= 15 is 0 Å². The molecule has 2 aromatic heterocycles. The second kappa shape index (κ2) is 14.7. The summed E-state index contributed by atoms with van der Waals surface area (Å²) >= 11 is 12.8. The van der Waals surface area contributed by atoms with Gasteiger partial charge in [-0.15, -0.1) is 0 Å². The van der Waals surface area contributed by atoms with Gasteiger partial charge in [0.05, 0.1) is 21.5 Å². The molecule has 0 aliphatic carbocycles. The number of aromatic hydroxyl groups is 7. The first-order chi connectivity index (χ1) is 27.8. The van der Waals surface area contributed by atoms with Crippen LogP contribution in [0.3, 0.4) is 0 Å². The summed E-state index contributed by atoms with van der Waals surface area (Å²) in [6, 6.07) is 11.4. The third-order valence-corrected chi connectivity index (χ3v) is 10.0. The molecule has 20 nitrogen and oxygen atoms in total. The van der Waals surface area contributed by atoms with Gasteiger partial charge in [0.15, 0.2) is 23.0 Å². The summed E-state index contributed by atoms with van der Waals surface area (Å²) in [6.45, 7) is 1.50. The fourth-order valence-corrected chi connectivity index (χ4v) is 7.17. The zero-order valence-corrected chi connectivity index (χ0v) is 32.7. The maximum atomic E-state index is 14.1. The Morgan fingerprint density at radius 1 is 0.583 bits per heavy atom. The SMILES string of the molecule is Cn1c(=O)c(C(=O)N(c2cccc(Oc3c(O)c(O)c4c(c(O)c(C(=O)N(c5ccccc5)C(C)(O)O)c(=O)n4C)c3Cl)c2)C(C)(O)O)c(O)c2c(Cl)c(O)c(O)c(O)c21. The largest absolute Gasteiger partial charge is 0.506 e. The minimum atomic E-state index is -3.20. The second-order valence-electron chi connectivity index (χ2n) is 13.5. The number of phenolic OH excluding ortho intramolecular Hbond substituents is 5. The van der Waals surface area contributed by atoms with Gasteiger partial charge >= 0.3 is 0 Å². The summed E-state index contributed by atoms with van der Waals surface area (Å²) in [5.74, 6) is -18.5. The maximum absolute atomic E-state index is 14.1. The molecule has 0 aliphatic heterocycles. The van der Waals surface area contributed by atoms with Crippen molar-refractivity contribution in [3.8, 4) is 51.7 Å². The third-order valence-electron chi connectivity index (χ3n) is 9.30. The number of aliphatic hydroxyl groups is 4. The molecular weight excluding hydrogens is 839 g/mol. The highest BCUT2D eigenvalue weighted by atomic mass is 35.5. The van der Waals surface area contributed by atoms with E-state index in [0.717, 1.165) is 45.3 Å². The Morgan fingerprint density at radius 2 is 1.02 bits per heavy atom. The van der Waals surface area contributed by atoms with Crippen molar-refractivity contribution in [1.29, 1.82) is 0 Å². The molecule has 0 saturated carbocycles. The number of benzene rings is 4. The van der Waals surface area contributed by atoms with Gasteiger partial charge < -0.3 is 70.0 Å². The van der Waals surface area contributed by atoms with Crippen LogP contribution in [0.4, 0.5) is 11.4 Å². The first-order valence-electron chi connectivity index (χ1n) is 16.9. The molecule has 0 atom stereocenters. The van der Waals surface area contributed by atoms with Gasteiger partial charge in [0.25, 0.3) is 22.9 Å². The number of aromatic nitrogens is 2. The Balaban J connectivity index is 1.50. The van der Waals surface area contributed by atoms with E-state index in [1.165, 1.54) is 24.3 Å². The van der Waals surface area contributed by atoms with E-state index in [0.29, 0.717) is 21.0 Å². The Bertz CT molecular complexity index is 2940. The van der Waals surface area contributed by atoms with E-state index in [9.17, 15) is 75.3 Å². The van der Waals surface area contributed by atoms with Crippen LogP contribution in [-0.2, 0) is 14.1 Å². The molecule has 6 rings (SSSR count). The first kappa shape index (κ1) is 42.7. The van der Waals surface area contributed by atoms with Gasteiger partial charge in [-0.3, -0.25) is 29.0 Å². The molecular formula is C38H32Cl2N4O16. The second-order valence-corrected chi connectivity index (χ2v) is 14.2. The lowest BCUT2D eigenvalue weighted by Crippen LogP contribution is -2.51. The molecule has 0 radical (unpaired) electrons. The van der Waals surface area contributed by atoms with Crippen molar-refractivity contribution < 1.29 is 70.5 Å². The lowest BCUT2D eigenvalue weighted by molar-refractivity contribution is -0.139. The molecule has 2 heterocycles. The van der Waals surface area contributed by atoms with Crippen LogP contribution in [0.1, 0.15) is 34.6 Å². The first-order valence-corrected chi connectivity index (χ1v) is 17.7. The monoisotopic (exact) mass is 870 g/mol. The van der Waals surface area contributed by atoms with Crippen LogP contribution in [0.25, 0.3) is 21.8 Å². The Labute approximate surface area is 344 Å². The molecule has 2 amide bonds. The number of fused-ring (bicyclic) bond motifs is 2. The average molecular weight is 872 g/mol. The molecule has 0 unspecified atom stereocenters. The van der Waals surface area contributed by atoms with Crippen LogP contribution in [0, 0.1) is 0 Å². The molecule has 0 fully saturated rings. The standard InChI is InChI=1S/C38H32Cl2N4O16/c1-37(56,57)43(14-9-6-5-7-10-14)35(54)20-26(46)18-22(40)32(31(51)29(49)24(18)42(4)34(20)53)60-16-12-8-11-15(13-16)44(38(2,58)59)36(55)19-25(45)17-21(39)27(47)30(50)28(48)23(17)41(3)33(19)52/h5-13,45-51,56-59H,1-4H3. The number of hydrogen-bond donors (Lipinski definition) is 11. The average Bonchev–Trinajstić information content (AvgIpc) is 3.16. The minimum absolute atomic E-state index is 0.117. The number of para-hydroxylation sites is 1. The van der Waals surface area contributed by atoms with Gasteiger partial charge in [-0.05, 0) is 24.3 Å². The maximum Gasteiger partial charge on any atom is 0.271 e. The molecule has 0 bridgehead atoms. The van der Waals surface area contributed by atoms with Gasteiger partial charge in [0.1, 0.15) is 44.4 Å². The molecule has 60 heavy (non-hydrogen) atoms. The Hall–Kier alpha value is -6.94. The summed E-state index contributed by atoms with van der Waals surface area (Å²) in [5, 5.41) is 115.